The largest absolute Gasteiger partial charge is 0.493 e. The molecule has 0 saturated carbocycles. The summed E-state index contributed by atoms with van der Waals surface area (Å²) in [6, 6.07) is 14.6. The van der Waals surface area contributed by atoms with Crippen LogP contribution >= 0.6 is 0 Å². The summed E-state index contributed by atoms with van der Waals surface area (Å²) in [6.45, 7) is 2.34. The van der Waals surface area contributed by atoms with Crippen LogP contribution in [0.5, 0.6) is 11.5 Å². The maximum atomic E-state index is 12.9. The average Bonchev–Trinajstić information content (AvgIpc) is 3.40. The Morgan fingerprint density at radius 3 is 2.68 bits per heavy atom. The summed E-state index contributed by atoms with van der Waals surface area (Å²) >= 11 is 0. The van der Waals surface area contributed by atoms with Crippen molar-refractivity contribution in [3.8, 4) is 11.5 Å². The number of nitrogens with zero attached hydrogens (tertiary/aromatic N) is 3. The molecule has 9 nitrogen and oxygen atoms in total. The second-order valence-electron chi connectivity index (χ2n) is 7.93. The number of ether oxygens (including phenoxy) is 2. The third kappa shape index (κ3) is 4.93. The lowest BCUT2D eigenvalue weighted by Gasteiger charge is -2.29. The van der Waals surface area contributed by atoms with E-state index in [1.54, 1.807) is 32.5 Å². The van der Waals surface area contributed by atoms with Gasteiger partial charge in [0.1, 0.15) is 5.69 Å². The number of hydrogen-bond acceptors (Lipinski definition) is 6. The number of amides is 2. The number of aromatic nitrogens is 2. The van der Waals surface area contributed by atoms with Crippen LogP contribution in [0.4, 0.5) is 5.69 Å². The molecule has 1 aromatic heterocycles. The molecule has 0 fully saturated rings. The Balaban J connectivity index is 1.58. The van der Waals surface area contributed by atoms with Crippen LogP contribution in [0.2, 0.25) is 0 Å². The number of carbonyl (C=O) groups excluding carboxylic acids is 2. The predicted molar refractivity (Wildman–Crippen MR) is 128 cm³/mol. The number of benzene rings is 2. The fourth-order valence-electron chi connectivity index (χ4n) is 3.93. The van der Waals surface area contributed by atoms with Gasteiger partial charge in [-0.2, -0.15) is 10.2 Å². The number of H-pyrrole nitrogens is 1. The molecule has 1 aliphatic heterocycles. The van der Waals surface area contributed by atoms with E-state index >= 15 is 0 Å². The Morgan fingerprint density at radius 2 is 1.97 bits per heavy atom. The number of hydrogen-bond donors (Lipinski definition) is 2. The van der Waals surface area contributed by atoms with E-state index in [2.05, 4.69) is 22.4 Å². The van der Waals surface area contributed by atoms with Gasteiger partial charge in [-0.25, -0.2) is 5.01 Å². The first kappa shape index (κ1) is 23.0. The van der Waals surface area contributed by atoms with E-state index in [-0.39, 0.29) is 24.3 Å². The maximum Gasteiger partial charge on any atom is 0.276 e. The number of carbonyl (C=O) groups is 2. The van der Waals surface area contributed by atoms with E-state index < -0.39 is 0 Å². The first-order valence-corrected chi connectivity index (χ1v) is 11.0. The number of hydrazone groups is 1. The lowest BCUT2D eigenvalue weighted by atomic mass is 9.89. The maximum absolute atomic E-state index is 12.9. The molecule has 2 aromatic carbocycles. The second kappa shape index (κ2) is 10.2. The van der Waals surface area contributed by atoms with Gasteiger partial charge in [-0.3, -0.25) is 14.7 Å². The zero-order chi connectivity index (χ0) is 24.1. The molecule has 0 radical (unpaired) electrons. The molecule has 2 N–H and O–H groups in total. The molecule has 2 heterocycles. The van der Waals surface area contributed by atoms with Gasteiger partial charge < -0.3 is 14.8 Å². The molecule has 1 atom stereocenters. The van der Waals surface area contributed by atoms with Gasteiger partial charge in [0, 0.05) is 29.8 Å². The average molecular weight is 462 g/mol. The van der Waals surface area contributed by atoms with Crippen molar-refractivity contribution in [2.75, 3.05) is 19.5 Å². The van der Waals surface area contributed by atoms with Crippen LogP contribution in [0.25, 0.3) is 0 Å². The van der Waals surface area contributed by atoms with E-state index in [1.165, 1.54) is 5.01 Å². The molecule has 0 saturated heterocycles. The SMILES string of the molecule is CCC1CC(=O)N(Cc2cccc(NC(=O)c3cc[nH]n3)c2)N=C1c1ccc(OC)c(OC)c1. The molecule has 34 heavy (non-hydrogen) atoms. The Morgan fingerprint density at radius 1 is 1.15 bits per heavy atom. The van der Waals surface area contributed by atoms with E-state index in [4.69, 9.17) is 14.6 Å². The predicted octanol–water partition coefficient (Wildman–Crippen LogP) is 3.84. The number of anilines is 1. The van der Waals surface area contributed by atoms with Crippen LogP contribution in [0, 0.1) is 5.92 Å². The van der Waals surface area contributed by atoms with Crippen molar-refractivity contribution < 1.29 is 19.1 Å². The smallest absolute Gasteiger partial charge is 0.276 e. The molecule has 3 aromatic rings. The van der Waals surface area contributed by atoms with Gasteiger partial charge in [0.15, 0.2) is 11.5 Å². The minimum Gasteiger partial charge on any atom is -0.493 e. The first-order chi connectivity index (χ1) is 16.5. The summed E-state index contributed by atoms with van der Waals surface area (Å²) < 4.78 is 10.8. The Hall–Kier alpha value is -4.14. The van der Waals surface area contributed by atoms with E-state index in [1.807, 2.05) is 36.4 Å². The van der Waals surface area contributed by atoms with E-state index in [0.29, 0.717) is 29.3 Å². The van der Waals surface area contributed by atoms with Crippen molar-refractivity contribution in [2.24, 2.45) is 11.0 Å². The van der Waals surface area contributed by atoms with Gasteiger partial charge in [-0.05, 0) is 48.4 Å². The lowest BCUT2D eigenvalue weighted by molar-refractivity contribution is -0.133. The summed E-state index contributed by atoms with van der Waals surface area (Å²) in [4.78, 5) is 25.2. The van der Waals surface area contributed by atoms with Crippen molar-refractivity contribution in [3.05, 3.63) is 71.5 Å². The molecule has 0 spiro atoms. The van der Waals surface area contributed by atoms with Gasteiger partial charge in [0.2, 0.25) is 5.91 Å². The highest BCUT2D eigenvalue weighted by molar-refractivity contribution is 6.06. The third-order valence-electron chi connectivity index (χ3n) is 5.75. The molecule has 9 heteroatoms. The van der Waals surface area contributed by atoms with Crippen LogP contribution < -0.4 is 14.8 Å². The number of nitrogens with one attached hydrogen (secondary N) is 2. The zero-order valence-electron chi connectivity index (χ0n) is 19.4. The molecule has 0 aliphatic carbocycles. The molecule has 0 bridgehead atoms. The second-order valence-corrected chi connectivity index (χ2v) is 7.93. The van der Waals surface area contributed by atoms with Crippen molar-refractivity contribution in [2.45, 2.75) is 26.3 Å². The molecular formula is C25H27N5O4. The highest BCUT2D eigenvalue weighted by atomic mass is 16.5. The third-order valence-corrected chi connectivity index (χ3v) is 5.75. The highest BCUT2D eigenvalue weighted by Crippen LogP contribution is 2.31. The number of rotatable bonds is 8. The molecule has 176 valence electrons. The molecular weight excluding hydrogens is 434 g/mol. The lowest BCUT2D eigenvalue weighted by Crippen LogP contribution is -2.36. The standard InChI is InChI=1S/C25H27N5O4/c1-4-17-14-23(31)30(29-24(17)18-8-9-21(33-2)22(13-18)34-3)15-16-6-5-7-19(12-16)27-25(32)20-10-11-26-28-20/h5-13,17H,4,14-15H2,1-3H3,(H,26,28)(H,27,32). The van der Waals surface area contributed by atoms with Crippen molar-refractivity contribution in [1.82, 2.24) is 15.2 Å². The van der Waals surface area contributed by atoms with E-state index in [0.717, 1.165) is 23.3 Å². The van der Waals surface area contributed by atoms with Gasteiger partial charge in [0.25, 0.3) is 5.91 Å². The minimum absolute atomic E-state index is 0.0151. The minimum atomic E-state index is -0.313. The monoisotopic (exact) mass is 461 g/mol. The first-order valence-electron chi connectivity index (χ1n) is 11.0. The Labute approximate surface area is 197 Å². The fourth-order valence-corrected chi connectivity index (χ4v) is 3.93. The van der Waals surface area contributed by atoms with Crippen LogP contribution in [0.3, 0.4) is 0 Å². The Bertz CT molecular complexity index is 1210. The summed E-state index contributed by atoms with van der Waals surface area (Å²) in [6.07, 6.45) is 2.76. The van der Waals surface area contributed by atoms with Gasteiger partial charge in [0.05, 0.1) is 26.5 Å². The van der Waals surface area contributed by atoms with Gasteiger partial charge in [-0.15, -0.1) is 0 Å². The number of aromatic amines is 1. The molecule has 1 aliphatic rings. The summed E-state index contributed by atoms with van der Waals surface area (Å²) in [7, 11) is 3.19. The molecule has 4 rings (SSSR count). The summed E-state index contributed by atoms with van der Waals surface area (Å²) in [5.74, 6) is 0.911. The fraction of sp³-hybridized carbons (Fsp3) is 0.280. The summed E-state index contributed by atoms with van der Waals surface area (Å²) in [5, 5.41) is 15.6. The van der Waals surface area contributed by atoms with Gasteiger partial charge in [-0.1, -0.05) is 19.1 Å². The van der Waals surface area contributed by atoms with Gasteiger partial charge >= 0.3 is 0 Å². The molecule has 2 amide bonds. The van der Waals surface area contributed by atoms with E-state index in [9.17, 15) is 9.59 Å². The Kier molecular flexibility index (Phi) is 6.91. The van der Waals surface area contributed by atoms with Crippen LogP contribution in [-0.4, -0.2) is 47.0 Å². The van der Waals surface area contributed by atoms with Crippen molar-refractivity contribution >= 4 is 23.2 Å². The quantitative estimate of drug-likeness (QED) is 0.530. The topological polar surface area (TPSA) is 109 Å². The summed E-state index contributed by atoms with van der Waals surface area (Å²) in [5.41, 5.74) is 3.49. The van der Waals surface area contributed by atoms with Crippen LogP contribution in [0.1, 0.15) is 41.4 Å². The van der Waals surface area contributed by atoms with Crippen LogP contribution in [0.15, 0.2) is 59.8 Å². The molecule has 1 unspecified atom stereocenters. The van der Waals surface area contributed by atoms with Crippen molar-refractivity contribution in [3.63, 3.8) is 0 Å². The number of methoxy groups -OCH3 is 2. The zero-order valence-corrected chi connectivity index (χ0v) is 19.4. The van der Waals surface area contributed by atoms with Crippen LogP contribution in [-0.2, 0) is 11.3 Å². The normalized spacial score (nSPS) is 15.6. The highest BCUT2D eigenvalue weighted by Gasteiger charge is 2.29. The van der Waals surface area contributed by atoms with Crippen molar-refractivity contribution in [1.29, 1.82) is 0 Å².